The molecule has 0 saturated heterocycles. The zero-order chi connectivity index (χ0) is 19.4. The molecule has 2 rings (SSSR count). The van der Waals surface area contributed by atoms with Gasteiger partial charge in [0.2, 0.25) is 5.91 Å². The first kappa shape index (κ1) is 20.3. The minimum atomic E-state index is -0.830. The normalized spacial score (nSPS) is 12.2. The van der Waals surface area contributed by atoms with E-state index in [1.54, 1.807) is 25.1 Å². The number of nitrogens with one attached hydrogen (secondary N) is 1. The van der Waals surface area contributed by atoms with Crippen LogP contribution in [0.1, 0.15) is 20.8 Å². The zero-order valence-corrected chi connectivity index (χ0v) is 16.5. The first-order valence-electron chi connectivity index (χ1n) is 7.98. The number of hydrogen-bond acceptors (Lipinski definition) is 6. The fourth-order valence-corrected chi connectivity index (χ4v) is 3.34. The van der Waals surface area contributed by atoms with Crippen LogP contribution in [0.3, 0.4) is 0 Å². The summed E-state index contributed by atoms with van der Waals surface area (Å²) >= 11 is 7.10. The molecular formula is C17H20ClN3O4S. The van der Waals surface area contributed by atoms with Crippen LogP contribution in [-0.4, -0.2) is 33.9 Å². The first-order valence-corrected chi connectivity index (χ1v) is 9.24. The van der Waals surface area contributed by atoms with Crippen molar-refractivity contribution in [1.82, 2.24) is 14.9 Å². The van der Waals surface area contributed by atoms with Gasteiger partial charge in [-0.2, -0.15) is 0 Å². The Labute approximate surface area is 160 Å². The van der Waals surface area contributed by atoms with Gasteiger partial charge < -0.3 is 4.74 Å². The van der Waals surface area contributed by atoms with Crippen LogP contribution in [-0.2, 0) is 16.1 Å². The average Bonchev–Trinajstić information content (AvgIpc) is 2.58. The van der Waals surface area contributed by atoms with E-state index in [-0.39, 0.29) is 11.5 Å². The quantitative estimate of drug-likeness (QED) is 0.616. The zero-order valence-electron chi connectivity index (χ0n) is 14.9. The molecule has 0 saturated carbocycles. The van der Waals surface area contributed by atoms with Gasteiger partial charge in [0.1, 0.15) is 0 Å². The molecule has 7 nitrogen and oxygen atoms in total. The third-order valence-electron chi connectivity index (χ3n) is 3.49. The van der Waals surface area contributed by atoms with Crippen molar-refractivity contribution in [2.75, 3.05) is 7.11 Å². The molecule has 2 amide bonds. The van der Waals surface area contributed by atoms with Crippen molar-refractivity contribution >= 4 is 46.3 Å². The SMILES string of the molecule is COC(=O)NC(=O)[C@H](C)Sc1nc2ccc(Cl)cc2c(=O)n1CC(C)C. The van der Waals surface area contributed by atoms with E-state index in [4.69, 9.17) is 11.6 Å². The van der Waals surface area contributed by atoms with Crippen molar-refractivity contribution < 1.29 is 14.3 Å². The van der Waals surface area contributed by atoms with Crippen molar-refractivity contribution in [3.63, 3.8) is 0 Å². The van der Waals surface area contributed by atoms with Crippen molar-refractivity contribution in [1.29, 1.82) is 0 Å². The van der Waals surface area contributed by atoms with E-state index >= 15 is 0 Å². The molecule has 0 fully saturated rings. The lowest BCUT2D eigenvalue weighted by Gasteiger charge is -2.17. The van der Waals surface area contributed by atoms with E-state index in [9.17, 15) is 14.4 Å². The predicted octanol–water partition coefficient (Wildman–Crippen LogP) is 3.07. The number of rotatable bonds is 5. The third-order valence-corrected chi connectivity index (χ3v) is 4.82. The van der Waals surface area contributed by atoms with Crippen LogP contribution >= 0.6 is 23.4 Å². The summed E-state index contributed by atoms with van der Waals surface area (Å²) in [6.45, 7) is 6.04. The van der Waals surface area contributed by atoms with Crippen LogP contribution in [0.25, 0.3) is 10.9 Å². The van der Waals surface area contributed by atoms with E-state index in [1.807, 2.05) is 13.8 Å². The van der Waals surface area contributed by atoms with Gasteiger partial charge in [0, 0.05) is 11.6 Å². The maximum atomic E-state index is 12.9. The topological polar surface area (TPSA) is 90.3 Å². The number of carbonyl (C=O) groups excluding carboxylic acids is 2. The Balaban J connectivity index is 2.44. The number of hydrogen-bond donors (Lipinski definition) is 1. The molecule has 2 aromatic rings. The number of halogens is 1. The number of benzene rings is 1. The second-order valence-electron chi connectivity index (χ2n) is 6.11. The molecule has 0 spiro atoms. The van der Waals surface area contributed by atoms with Crippen molar-refractivity contribution in [2.45, 2.75) is 37.7 Å². The molecule has 1 aromatic heterocycles. The Morgan fingerprint density at radius 1 is 1.35 bits per heavy atom. The maximum Gasteiger partial charge on any atom is 0.413 e. The van der Waals surface area contributed by atoms with Crippen molar-refractivity contribution in [3.8, 4) is 0 Å². The van der Waals surface area contributed by atoms with Gasteiger partial charge in [-0.1, -0.05) is 37.2 Å². The van der Waals surface area contributed by atoms with Crippen LogP contribution in [0.15, 0.2) is 28.2 Å². The Morgan fingerprint density at radius 3 is 2.65 bits per heavy atom. The summed E-state index contributed by atoms with van der Waals surface area (Å²) < 4.78 is 5.96. The first-order chi connectivity index (χ1) is 12.2. The summed E-state index contributed by atoms with van der Waals surface area (Å²) in [5.74, 6) is -0.326. The van der Waals surface area contributed by atoms with Gasteiger partial charge in [-0.15, -0.1) is 0 Å². The minimum Gasteiger partial charge on any atom is -0.453 e. The van der Waals surface area contributed by atoms with Gasteiger partial charge >= 0.3 is 6.09 Å². The van der Waals surface area contributed by atoms with Crippen LogP contribution in [0.5, 0.6) is 0 Å². The molecule has 1 N–H and O–H groups in total. The van der Waals surface area contributed by atoms with Crippen LogP contribution < -0.4 is 10.9 Å². The fraction of sp³-hybridized carbons (Fsp3) is 0.412. The van der Waals surface area contributed by atoms with E-state index in [2.05, 4.69) is 15.0 Å². The smallest absolute Gasteiger partial charge is 0.413 e. The second-order valence-corrected chi connectivity index (χ2v) is 7.85. The number of carbonyl (C=O) groups is 2. The van der Waals surface area contributed by atoms with Gasteiger partial charge in [-0.25, -0.2) is 9.78 Å². The number of nitrogens with zero attached hydrogens (tertiary/aromatic N) is 2. The number of amides is 2. The summed E-state index contributed by atoms with van der Waals surface area (Å²) in [5.41, 5.74) is 0.289. The van der Waals surface area contributed by atoms with Crippen LogP contribution in [0.2, 0.25) is 5.02 Å². The molecule has 1 aromatic carbocycles. The Kier molecular flexibility index (Phi) is 6.66. The molecule has 0 unspecified atom stereocenters. The highest BCUT2D eigenvalue weighted by atomic mass is 35.5. The minimum absolute atomic E-state index is 0.199. The summed E-state index contributed by atoms with van der Waals surface area (Å²) in [7, 11) is 1.18. The van der Waals surface area contributed by atoms with Gasteiger partial charge in [0.25, 0.3) is 5.56 Å². The molecule has 0 bridgehead atoms. The van der Waals surface area contributed by atoms with Gasteiger partial charge in [0.05, 0.1) is 23.3 Å². The lowest BCUT2D eigenvalue weighted by Crippen LogP contribution is -2.36. The number of ether oxygens (including phenoxy) is 1. The highest BCUT2D eigenvalue weighted by Gasteiger charge is 2.21. The Morgan fingerprint density at radius 2 is 2.04 bits per heavy atom. The van der Waals surface area contributed by atoms with Gasteiger partial charge in [-0.05, 0) is 31.0 Å². The maximum absolute atomic E-state index is 12.9. The Hall–Kier alpha value is -2.06. The molecule has 0 aliphatic rings. The molecular weight excluding hydrogens is 378 g/mol. The highest BCUT2D eigenvalue weighted by molar-refractivity contribution is 8.00. The number of alkyl carbamates (subject to hydrolysis) is 1. The van der Waals surface area contributed by atoms with Crippen LogP contribution in [0, 0.1) is 5.92 Å². The summed E-state index contributed by atoms with van der Waals surface area (Å²) in [5, 5.41) is 2.76. The second kappa shape index (κ2) is 8.55. The highest BCUT2D eigenvalue weighted by Crippen LogP contribution is 2.24. The molecule has 140 valence electrons. The monoisotopic (exact) mass is 397 g/mol. The fourth-order valence-electron chi connectivity index (χ4n) is 2.25. The molecule has 1 heterocycles. The number of methoxy groups -OCH3 is 1. The van der Waals surface area contributed by atoms with Crippen molar-refractivity contribution in [3.05, 3.63) is 33.6 Å². The summed E-state index contributed by atoms with van der Waals surface area (Å²) in [6.07, 6.45) is -0.830. The van der Waals surface area contributed by atoms with Crippen LogP contribution in [0.4, 0.5) is 4.79 Å². The summed E-state index contributed by atoms with van der Waals surface area (Å²) in [6, 6.07) is 4.91. The largest absolute Gasteiger partial charge is 0.453 e. The van der Waals surface area contributed by atoms with E-state index in [0.29, 0.717) is 27.6 Å². The Bertz CT molecular complexity index is 897. The number of fused-ring (bicyclic) bond motifs is 1. The summed E-state index contributed by atoms with van der Waals surface area (Å²) in [4.78, 5) is 40.7. The molecule has 0 aliphatic carbocycles. The number of thioether (sulfide) groups is 1. The molecule has 1 atom stereocenters. The van der Waals surface area contributed by atoms with E-state index in [0.717, 1.165) is 11.8 Å². The molecule has 0 radical (unpaired) electrons. The predicted molar refractivity (Wildman–Crippen MR) is 102 cm³/mol. The lowest BCUT2D eigenvalue weighted by atomic mass is 10.2. The van der Waals surface area contributed by atoms with Gasteiger partial charge in [0.15, 0.2) is 5.16 Å². The third kappa shape index (κ3) is 4.76. The standard InChI is InChI=1S/C17H20ClN3O4S/c1-9(2)8-21-15(23)12-7-11(18)5-6-13(12)19-16(21)26-10(3)14(22)20-17(24)25-4/h5-7,9-10H,8H2,1-4H3,(H,20,22,24)/t10-/m0/s1. The van der Waals surface area contributed by atoms with E-state index in [1.165, 1.54) is 11.7 Å². The molecule has 0 aliphatic heterocycles. The lowest BCUT2D eigenvalue weighted by molar-refractivity contribution is -0.119. The molecule has 26 heavy (non-hydrogen) atoms. The van der Waals surface area contributed by atoms with Crippen molar-refractivity contribution in [2.24, 2.45) is 5.92 Å². The number of aromatic nitrogens is 2. The number of imide groups is 1. The molecule has 9 heteroatoms. The van der Waals surface area contributed by atoms with Gasteiger partial charge in [-0.3, -0.25) is 19.5 Å². The van der Waals surface area contributed by atoms with E-state index < -0.39 is 17.3 Å². The average molecular weight is 398 g/mol.